The van der Waals surface area contributed by atoms with Crippen LogP contribution in [0.5, 0.6) is 0 Å². The lowest BCUT2D eigenvalue weighted by molar-refractivity contribution is 0.0498. The molecule has 0 spiro atoms. The Kier molecular flexibility index (Phi) is 5.36. The standard InChI is InChI=1S/C17H34N2O2/c1-12(2)17(8,19-13(3)16(7)9-10-16)11-18-14(20)21-15(4,5)6/h12-13,19H,9-11H2,1-8H3,(H,18,20). The second kappa shape index (κ2) is 6.15. The third kappa shape index (κ3) is 5.50. The van der Waals surface area contributed by atoms with E-state index in [1.807, 2.05) is 20.8 Å². The highest BCUT2D eigenvalue weighted by Crippen LogP contribution is 2.48. The third-order valence-corrected chi connectivity index (χ3v) is 4.90. The molecule has 1 fully saturated rings. The van der Waals surface area contributed by atoms with Gasteiger partial charge in [0.1, 0.15) is 5.60 Å². The molecular formula is C17H34N2O2. The summed E-state index contributed by atoms with van der Waals surface area (Å²) in [7, 11) is 0. The fraction of sp³-hybridized carbons (Fsp3) is 0.941. The molecule has 2 N–H and O–H groups in total. The first-order valence-corrected chi connectivity index (χ1v) is 8.12. The number of nitrogens with one attached hydrogen (secondary N) is 2. The van der Waals surface area contributed by atoms with Crippen LogP contribution in [-0.4, -0.2) is 29.8 Å². The van der Waals surface area contributed by atoms with Crippen molar-refractivity contribution in [3.63, 3.8) is 0 Å². The van der Waals surface area contributed by atoms with Crippen molar-refractivity contribution >= 4 is 6.09 Å². The first-order valence-electron chi connectivity index (χ1n) is 8.12. The number of rotatable bonds is 6. The second-order valence-electron chi connectivity index (χ2n) is 8.45. The molecule has 0 aromatic rings. The van der Waals surface area contributed by atoms with E-state index in [4.69, 9.17) is 4.74 Å². The van der Waals surface area contributed by atoms with Gasteiger partial charge < -0.3 is 15.4 Å². The highest BCUT2D eigenvalue weighted by molar-refractivity contribution is 5.67. The number of amides is 1. The van der Waals surface area contributed by atoms with E-state index in [0.29, 0.717) is 23.9 Å². The average molecular weight is 298 g/mol. The summed E-state index contributed by atoms with van der Waals surface area (Å²) in [5, 5.41) is 6.66. The Morgan fingerprint density at radius 1 is 1.19 bits per heavy atom. The zero-order valence-corrected chi connectivity index (χ0v) is 15.1. The largest absolute Gasteiger partial charge is 0.444 e. The van der Waals surface area contributed by atoms with E-state index in [9.17, 15) is 4.79 Å². The number of hydrogen-bond acceptors (Lipinski definition) is 3. The zero-order valence-electron chi connectivity index (χ0n) is 15.1. The van der Waals surface area contributed by atoms with E-state index in [1.165, 1.54) is 12.8 Å². The Morgan fingerprint density at radius 3 is 2.10 bits per heavy atom. The van der Waals surface area contributed by atoms with E-state index in [0.717, 1.165) is 0 Å². The van der Waals surface area contributed by atoms with Crippen LogP contribution in [0.25, 0.3) is 0 Å². The summed E-state index contributed by atoms with van der Waals surface area (Å²) in [6, 6.07) is 0.449. The summed E-state index contributed by atoms with van der Waals surface area (Å²) < 4.78 is 5.32. The monoisotopic (exact) mass is 298 g/mol. The van der Waals surface area contributed by atoms with Gasteiger partial charge in [0.25, 0.3) is 0 Å². The third-order valence-electron chi connectivity index (χ3n) is 4.90. The van der Waals surface area contributed by atoms with E-state index in [1.54, 1.807) is 0 Å². The van der Waals surface area contributed by atoms with Crippen LogP contribution in [0.4, 0.5) is 4.79 Å². The molecule has 4 nitrogen and oxygen atoms in total. The molecule has 1 aliphatic carbocycles. The fourth-order valence-electron chi connectivity index (χ4n) is 2.29. The van der Waals surface area contributed by atoms with Crippen molar-refractivity contribution < 1.29 is 9.53 Å². The highest BCUT2D eigenvalue weighted by Gasteiger charge is 2.45. The van der Waals surface area contributed by atoms with Crippen molar-refractivity contribution in [3.05, 3.63) is 0 Å². The summed E-state index contributed by atoms with van der Waals surface area (Å²) >= 11 is 0. The molecule has 2 unspecified atom stereocenters. The van der Waals surface area contributed by atoms with E-state index >= 15 is 0 Å². The minimum absolute atomic E-state index is 0.137. The number of carbonyl (C=O) groups excluding carboxylic acids is 1. The first kappa shape index (κ1) is 18.3. The summed E-state index contributed by atoms with van der Waals surface area (Å²) in [6.07, 6.45) is 2.23. The van der Waals surface area contributed by atoms with Crippen molar-refractivity contribution in [2.75, 3.05) is 6.54 Å². The van der Waals surface area contributed by atoms with Crippen molar-refractivity contribution in [2.45, 2.75) is 85.4 Å². The predicted octanol–water partition coefficient (Wildman–Crippen LogP) is 3.70. The van der Waals surface area contributed by atoms with E-state index in [2.05, 4.69) is 45.3 Å². The minimum atomic E-state index is -0.458. The number of carbonyl (C=O) groups is 1. The molecule has 0 aromatic heterocycles. The van der Waals surface area contributed by atoms with Gasteiger partial charge in [0.15, 0.2) is 0 Å². The van der Waals surface area contributed by atoms with Gasteiger partial charge in [0.2, 0.25) is 0 Å². The summed E-state index contributed by atoms with van der Waals surface area (Å²) in [6.45, 7) is 17.3. The van der Waals surface area contributed by atoms with Crippen molar-refractivity contribution in [2.24, 2.45) is 11.3 Å². The molecule has 21 heavy (non-hydrogen) atoms. The van der Waals surface area contributed by atoms with Gasteiger partial charge in [-0.25, -0.2) is 4.79 Å². The van der Waals surface area contributed by atoms with Crippen molar-refractivity contribution in [1.82, 2.24) is 10.6 Å². The lowest BCUT2D eigenvalue weighted by Gasteiger charge is -2.40. The molecule has 0 bridgehead atoms. The summed E-state index contributed by atoms with van der Waals surface area (Å²) in [4.78, 5) is 11.9. The van der Waals surface area contributed by atoms with Crippen LogP contribution in [0.3, 0.4) is 0 Å². The molecule has 1 aliphatic rings. The summed E-state index contributed by atoms with van der Waals surface area (Å²) in [5.74, 6) is 0.414. The maximum atomic E-state index is 11.9. The molecular weight excluding hydrogens is 264 g/mol. The molecule has 1 saturated carbocycles. The average Bonchev–Trinajstić information content (AvgIpc) is 3.04. The molecule has 1 rings (SSSR count). The van der Waals surface area contributed by atoms with Crippen LogP contribution in [0.2, 0.25) is 0 Å². The summed E-state index contributed by atoms with van der Waals surface area (Å²) in [5.41, 5.74) is -0.176. The lowest BCUT2D eigenvalue weighted by Crippen LogP contribution is -2.59. The Balaban J connectivity index is 2.58. The van der Waals surface area contributed by atoms with Crippen LogP contribution < -0.4 is 10.6 Å². The molecule has 1 amide bonds. The Hall–Kier alpha value is -0.770. The molecule has 0 aromatic carbocycles. The van der Waals surface area contributed by atoms with E-state index in [-0.39, 0.29) is 11.6 Å². The molecule has 2 atom stereocenters. The maximum absolute atomic E-state index is 11.9. The van der Waals surface area contributed by atoms with Crippen LogP contribution in [0.1, 0.15) is 68.2 Å². The molecule has 124 valence electrons. The number of ether oxygens (including phenoxy) is 1. The van der Waals surface area contributed by atoms with Crippen LogP contribution >= 0.6 is 0 Å². The number of alkyl carbamates (subject to hydrolysis) is 1. The Morgan fingerprint density at radius 2 is 1.71 bits per heavy atom. The molecule has 0 heterocycles. The van der Waals surface area contributed by atoms with Gasteiger partial charge in [-0.1, -0.05) is 20.8 Å². The minimum Gasteiger partial charge on any atom is -0.444 e. The van der Waals surface area contributed by atoms with Gasteiger partial charge in [-0.3, -0.25) is 0 Å². The molecule has 0 aliphatic heterocycles. The molecule has 0 radical (unpaired) electrons. The molecule has 4 heteroatoms. The van der Waals surface area contributed by atoms with E-state index < -0.39 is 5.60 Å². The van der Waals surface area contributed by atoms with Gasteiger partial charge in [-0.2, -0.15) is 0 Å². The smallest absolute Gasteiger partial charge is 0.407 e. The van der Waals surface area contributed by atoms with Crippen LogP contribution in [0, 0.1) is 11.3 Å². The number of hydrogen-bond donors (Lipinski definition) is 2. The van der Waals surface area contributed by atoms with Gasteiger partial charge in [0.05, 0.1) is 0 Å². The topological polar surface area (TPSA) is 50.4 Å². The fourth-order valence-corrected chi connectivity index (χ4v) is 2.29. The van der Waals surface area contributed by atoms with Gasteiger partial charge in [-0.05, 0) is 58.8 Å². The van der Waals surface area contributed by atoms with Crippen LogP contribution in [0.15, 0.2) is 0 Å². The maximum Gasteiger partial charge on any atom is 0.407 e. The van der Waals surface area contributed by atoms with Gasteiger partial charge >= 0.3 is 6.09 Å². The Bertz CT molecular complexity index is 369. The lowest BCUT2D eigenvalue weighted by atomic mass is 9.85. The van der Waals surface area contributed by atoms with Crippen LogP contribution in [-0.2, 0) is 4.74 Å². The zero-order chi connectivity index (χ0) is 16.5. The SMILES string of the molecule is CC(NC(C)(CNC(=O)OC(C)(C)C)C(C)C)C1(C)CC1. The highest BCUT2D eigenvalue weighted by atomic mass is 16.6. The Labute approximate surface area is 130 Å². The first-order chi connectivity index (χ1) is 9.38. The van der Waals surface area contributed by atoms with Gasteiger partial charge in [-0.15, -0.1) is 0 Å². The molecule has 0 saturated heterocycles. The van der Waals surface area contributed by atoms with Crippen molar-refractivity contribution in [3.8, 4) is 0 Å². The second-order valence-corrected chi connectivity index (χ2v) is 8.45. The quantitative estimate of drug-likeness (QED) is 0.786. The normalized spacial score (nSPS) is 21.6. The van der Waals surface area contributed by atoms with Gasteiger partial charge in [0, 0.05) is 18.1 Å². The predicted molar refractivity (Wildman–Crippen MR) is 87.4 cm³/mol. The van der Waals surface area contributed by atoms with Crippen molar-refractivity contribution in [1.29, 1.82) is 0 Å².